The van der Waals surface area contributed by atoms with Crippen molar-refractivity contribution in [3.8, 4) is 5.75 Å². The Bertz CT molecular complexity index is 564. The summed E-state index contributed by atoms with van der Waals surface area (Å²) in [5, 5.41) is 4.17. The number of fused-ring (bicyclic) bond motifs is 1. The van der Waals surface area contributed by atoms with Gasteiger partial charge in [0.2, 0.25) is 0 Å². The molecule has 3 rings (SSSR count). The summed E-state index contributed by atoms with van der Waals surface area (Å²) in [6.07, 6.45) is 1.72. The predicted octanol–water partition coefficient (Wildman–Crippen LogP) is 2.87. The molecule has 1 unspecified atom stereocenters. The van der Waals surface area contributed by atoms with Gasteiger partial charge in [-0.25, -0.2) is 0 Å². The molecule has 2 aliphatic heterocycles. The standard InChI is InChI=1S/C18H25ClN2O2/c1-12-9-16(3-4-17(12)19)23-13(2)18(22)21-7-5-14-10-20-11-15(14)6-8-21/h3-4,9,13-15,20H,5-8,10-11H2,1-2H3/t13?,14-,15+. The van der Waals surface area contributed by atoms with E-state index >= 15 is 0 Å². The van der Waals surface area contributed by atoms with Gasteiger partial charge in [0.15, 0.2) is 6.10 Å². The van der Waals surface area contributed by atoms with E-state index in [1.807, 2.05) is 36.9 Å². The Balaban J connectivity index is 1.59. The van der Waals surface area contributed by atoms with Crippen LogP contribution in [0.1, 0.15) is 25.3 Å². The molecule has 0 saturated carbocycles. The number of hydrogen-bond acceptors (Lipinski definition) is 3. The van der Waals surface area contributed by atoms with Gasteiger partial charge in [-0.2, -0.15) is 0 Å². The Morgan fingerprint density at radius 2 is 1.96 bits per heavy atom. The maximum Gasteiger partial charge on any atom is 0.263 e. The molecule has 0 spiro atoms. The number of halogens is 1. The van der Waals surface area contributed by atoms with Gasteiger partial charge in [-0.15, -0.1) is 0 Å². The van der Waals surface area contributed by atoms with E-state index in [1.165, 1.54) is 0 Å². The van der Waals surface area contributed by atoms with Crippen LogP contribution in [0.4, 0.5) is 0 Å². The lowest BCUT2D eigenvalue weighted by Crippen LogP contribution is -2.41. The van der Waals surface area contributed by atoms with Crippen molar-refractivity contribution in [1.29, 1.82) is 0 Å². The molecule has 0 aliphatic carbocycles. The van der Waals surface area contributed by atoms with Crippen molar-refractivity contribution < 1.29 is 9.53 Å². The van der Waals surface area contributed by atoms with Crippen LogP contribution in [-0.2, 0) is 4.79 Å². The summed E-state index contributed by atoms with van der Waals surface area (Å²) in [7, 11) is 0. The number of carbonyl (C=O) groups is 1. The van der Waals surface area contributed by atoms with E-state index in [0.717, 1.165) is 56.4 Å². The van der Waals surface area contributed by atoms with E-state index in [1.54, 1.807) is 0 Å². The number of carbonyl (C=O) groups excluding carboxylic acids is 1. The van der Waals surface area contributed by atoms with Gasteiger partial charge in [0.1, 0.15) is 5.75 Å². The van der Waals surface area contributed by atoms with Crippen LogP contribution in [-0.4, -0.2) is 43.1 Å². The number of hydrogen-bond donors (Lipinski definition) is 1. The zero-order chi connectivity index (χ0) is 16.4. The van der Waals surface area contributed by atoms with Gasteiger partial charge in [-0.1, -0.05) is 11.6 Å². The average molecular weight is 337 g/mol. The fourth-order valence-corrected chi connectivity index (χ4v) is 3.76. The summed E-state index contributed by atoms with van der Waals surface area (Å²) in [5.74, 6) is 2.24. The van der Waals surface area contributed by atoms with Gasteiger partial charge in [0.05, 0.1) is 0 Å². The maximum absolute atomic E-state index is 12.7. The Labute approximate surface area is 143 Å². The van der Waals surface area contributed by atoms with Crippen LogP contribution in [0.25, 0.3) is 0 Å². The number of ether oxygens (including phenoxy) is 1. The van der Waals surface area contributed by atoms with E-state index in [-0.39, 0.29) is 5.91 Å². The third kappa shape index (κ3) is 3.81. The molecule has 0 bridgehead atoms. The molecule has 2 heterocycles. The van der Waals surface area contributed by atoms with Crippen molar-refractivity contribution >= 4 is 17.5 Å². The first kappa shape index (κ1) is 16.6. The van der Waals surface area contributed by atoms with Gasteiger partial charge in [0.25, 0.3) is 5.91 Å². The van der Waals surface area contributed by atoms with Crippen molar-refractivity contribution in [2.24, 2.45) is 11.8 Å². The summed E-state index contributed by atoms with van der Waals surface area (Å²) < 4.78 is 5.84. The number of benzene rings is 1. The van der Waals surface area contributed by atoms with E-state index in [2.05, 4.69) is 5.32 Å². The predicted molar refractivity (Wildman–Crippen MR) is 91.9 cm³/mol. The Kier molecular flexibility index (Phi) is 5.12. The SMILES string of the molecule is Cc1cc(OC(C)C(=O)N2CC[C@@H]3CNC[C@@H]3CC2)ccc1Cl. The first-order valence-corrected chi connectivity index (χ1v) is 8.84. The molecule has 0 radical (unpaired) electrons. The number of nitrogens with one attached hydrogen (secondary N) is 1. The molecule has 2 fully saturated rings. The lowest BCUT2D eigenvalue weighted by Gasteiger charge is -2.25. The Morgan fingerprint density at radius 1 is 1.30 bits per heavy atom. The molecule has 0 aromatic heterocycles. The summed E-state index contributed by atoms with van der Waals surface area (Å²) in [6.45, 7) is 7.65. The largest absolute Gasteiger partial charge is 0.481 e. The minimum atomic E-state index is -0.466. The smallest absolute Gasteiger partial charge is 0.263 e. The highest BCUT2D eigenvalue weighted by Crippen LogP contribution is 2.28. The number of rotatable bonds is 3. The van der Waals surface area contributed by atoms with Crippen LogP contribution >= 0.6 is 11.6 Å². The second-order valence-corrected chi connectivity index (χ2v) is 7.16. The molecule has 4 nitrogen and oxygen atoms in total. The molecule has 1 amide bonds. The van der Waals surface area contributed by atoms with Crippen molar-refractivity contribution in [2.45, 2.75) is 32.8 Å². The summed E-state index contributed by atoms with van der Waals surface area (Å²) in [4.78, 5) is 14.7. The van der Waals surface area contributed by atoms with Crippen molar-refractivity contribution in [3.63, 3.8) is 0 Å². The molecule has 2 aliphatic rings. The topological polar surface area (TPSA) is 41.6 Å². The highest BCUT2D eigenvalue weighted by molar-refractivity contribution is 6.31. The summed E-state index contributed by atoms with van der Waals surface area (Å²) >= 11 is 6.03. The number of nitrogens with zero attached hydrogens (tertiary/aromatic N) is 1. The Morgan fingerprint density at radius 3 is 2.57 bits per heavy atom. The van der Waals surface area contributed by atoms with Gasteiger partial charge in [0, 0.05) is 18.1 Å². The van der Waals surface area contributed by atoms with Crippen LogP contribution in [0, 0.1) is 18.8 Å². The van der Waals surface area contributed by atoms with Crippen LogP contribution in [0.3, 0.4) is 0 Å². The summed E-state index contributed by atoms with van der Waals surface area (Å²) in [5.41, 5.74) is 0.957. The van der Waals surface area contributed by atoms with Gasteiger partial charge < -0.3 is 15.0 Å². The minimum absolute atomic E-state index is 0.0885. The van der Waals surface area contributed by atoms with Crippen molar-refractivity contribution in [3.05, 3.63) is 28.8 Å². The maximum atomic E-state index is 12.7. The first-order chi connectivity index (χ1) is 11.0. The molecule has 1 N–H and O–H groups in total. The zero-order valence-corrected chi connectivity index (χ0v) is 14.6. The van der Waals surface area contributed by atoms with Gasteiger partial charge >= 0.3 is 0 Å². The van der Waals surface area contributed by atoms with Crippen LogP contribution < -0.4 is 10.1 Å². The molecular weight excluding hydrogens is 312 g/mol. The van der Waals surface area contributed by atoms with Crippen LogP contribution in [0.2, 0.25) is 5.02 Å². The van der Waals surface area contributed by atoms with Crippen molar-refractivity contribution in [2.75, 3.05) is 26.2 Å². The van der Waals surface area contributed by atoms with Gasteiger partial charge in [-0.05, 0) is 75.4 Å². The lowest BCUT2D eigenvalue weighted by atomic mass is 9.92. The van der Waals surface area contributed by atoms with E-state index in [0.29, 0.717) is 10.8 Å². The third-order valence-corrected chi connectivity index (χ3v) is 5.55. The fraction of sp³-hybridized carbons (Fsp3) is 0.611. The van der Waals surface area contributed by atoms with Crippen molar-refractivity contribution in [1.82, 2.24) is 10.2 Å². The average Bonchev–Trinajstić information content (AvgIpc) is 2.89. The third-order valence-electron chi connectivity index (χ3n) is 5.12. The quantitative estimate of drug-likeness (QED) is 0.922. The lowest BCUT2D eigenvalue weighted by molar-refractivity contribution is -0.137. The number of likely N-dealkylation sites (tertiary alicyclic amines) is 1. The molecule has 5 heteroatoms. The molecular formula is C18H25ClN2O2. The Hall–Kier alpha value is -1.26. The normalized spacial score (nSPS) is 25.6. The van der Waals surface area contributed by atoms with E-state index < -0.39 is 6.10 Å². The van der Waals surface area contributed by atoms with Gasteiger partial charge in [-0.3, -0.25) is 4.79 Å². The first-order valence-electron chi connectivity index (χ1n) is 8.47. The molecule has 1 aromatic rings. The molecule has 1 aromatic carbocycles. The number of aryl methyl sites for hydroxylation is 1. The number of amides is 1. The van der Waals surface area contributed by atoms with E-state index in [9.17, 15) is 4.79 Å². The van der Waals surface area contributed by atoms with E-state index in [4.69, 9.17) is 16.3 Å². The molecule has 3 atom stereocenters. The molecule has 23 heavy (non-hydrogen) atoms. The van der Waals surface area contributed by atoms with Crippen LogP contribution in [0.15, 0.2) is 18.2 Å². The minimum Gasteiger partial charge on any atom is -0.481 e. The highest BCUT2D eigenvalue weighted by Gasteiger charge is 2.32. The molecule has 2 saturated heterocycles. The van der Waals surface area contributed by atoms with Crippen LogP contribution in [0.5, 0.6) is 5.75 Å². The molecule has 126 valence electrons. The summed E-state index contributed by atoms with van der Waals surface area (Å²) in [6, 6.07) is 5.51. The highest BCUT2D eigenvalue weighted by atomic mass is 35.5. The second kappa shape index (κ2) is 7.10. The monoisotopic (exact) mass is 336 g/mol. The zero-order valence-electron chi connectivity index (χ0n) is 13.8. The second-order valence-electron chi connectivity index (χ2n) is 6.75. The fourth-order valence-electron chi connectivity index (χ4n) is 3.64.